The van der Waals surface area contributed by atoms with E-state index in [1.165, 1.54) is 25.3 Å². The van der Waals surface area contributed by atoms with Gasteiger partial charge >= 0.3 is 5.69 Å². The van der Waals surface area contributed by atoms with Crippen molar-refractivity contribution < 1.29 is 9.66 Å². The van der Waals surface area contributed by atoms with Crippen molar-refractivity contribution in [1.29, 1.82) is 0 Å². The van der Waals surface area contributed by atoms with Gasteiger partial charge < -0.3 is 4.74 Å². The molecule has 0 saturated heterocycles. The predicted octanol–water partition coefficient (Wildman–Crippen LogP) is 5.22. The largest absolute Gasteiger partial charge is 0.483 e. The van der Waals surface area contributed by atoms with E-state index in [4.69, 9.17) is 4.74 Å². The number of nitrogens with zero attached hydrogens (tertiary/aromatic N) is 1. The number of halogens is 2. The molecule has 0 heterocycles. The fourth-order valence-electron chi connectivity index (χ4n) is 3.60. The molecule has 0 amide bonds. The minimum Gasteiger partial charge on any atom is -0.483 e. The van der Waals surface area contributed by atoms with Crippen LogP contribution < -0.4 is 4.74 Å². The third-order valence-corrected chi connectivity index (χ3v) is 6.64. The molecule has 2 atom stereocenters. The number of alkyl halides is 1. The van der Waals surface area contributed by atoms with Crippen LogP contribution in [0.2, 0.25) is 0 Å². The lowest BCUT2D eigenvalue weighted by Crippen LogP contribution is -2.57. The topological polar surface area (TPSA) is 52.4 Å². The molecule has 0 aliphatic heterocycles. The molecule has 2 fully saturated rings. The third kappa shape index (κ3) is 2.72. The van der Waals surface area contributed by atoms with Crippen LogP contribution in [0, 0.1) is 15.5 Å². The molecule has 0 N–H and O–H groups in total. The molecule has 0 radical (unpaired) electrons. The highest BCUT2D eigenvalue weighted by molar-refractivity contribution is 9.10. The Morgan fingerprint density at radius 3 is 2.62 bits per heavy atom. The normalized spacial score (nSPS) is 27.1. The average molecular weight is 419 g/mol. The first-order valence-corrected chi connectivity index (χ1v) is 8.98. The summed E-state index contributed by atoms with van der Waals surface area (Å²) in [5.41, 5.74) is 0.201. The first-order chi connectivity index (χ1) is 10.0. The average Bonchev–Trinajstić information content (AvgIpc) is 2.49. The second kappa shape index (κ2) is 5.88. The van der Waals surface area contributed by atoms with Gasteiger partial charge in [-0.25, -0.2) is 0 Å². The fourth-order valence-corrected chi connectivity index (χ4v) is 5.04. The van der Waals surface area contributed by atoms with Gasteiger partial charge in [0.15, 0.2) is 5.75 Å². The van der Waals surface area contributed by atoms with Gasteiger partial charge in [0, 0.05) is 20.8 Å². The van der Waals surface area contributed by atoms with E-state index in [1.54, 1.807) is 12.1 Å². The van der Waals surface area contributed by atoms with Crippen molar-refractivity contribution in [3.63, 3.8) is 0 Å². The smallest absolute Gasteiger partial charge is 0.312 e. The fraction of sp³-hybridized carbons (Fsp3) is 0.600. The number of ether oxygens (including phenoxy) is 1. The lowest BCUT2D eigenvalue weighted by atomic mass is 9.58. The van der Waals surface area contributed by atoms with Gasteiger partial charge in [-0.3, -0.25) is 10.1 Å². The number of rotatable bonds is 3. The molecule has 0 aromatic heterocycles. The van der Waals surface area contributed by atoms with Crippen molar-refractivity contribution in [2.45, 2.75) is 49.5 Å². The van der Waals surface area contributed by atoms with Crippen LogP contribution in [-0.4, -0.2) is 15.9 Å². The van der Waals surface area contributed by atoms with E-state index in [0.29, 0.717) is 15.0 Å². The molecular formula is C15H17Br2NO3. The molecule has 21 heavy (non-hydrogen) atoms. The summed E-state index contributed by atoms with van der Waals surface area (Å²) in [6.07, 6.45) is 7.05. The van der Waals surface area contributed by atoms with Crippen LogP contribution in [0.25, 0.3) is 0 Å². The van der Waals surface area contributed by atoms with Gasteiger partial charge in [0.05, 0.1) is 4.92 Å². The zero-order valence-electron chi connectivity index (χ0n) is 11.6. The van der Waals surface area contributed by atoms with E-state index in [-0.39, 0.29) is 22.1 Å². The summed E-state index contributed by atoms with van der Waals surface area (Å²) >= 11 is 7.04. The molecule has 4 nitrogen and oxygen atoms in total. The van der Waals surface area contributed by atoms with E-state index in [9.17, 15) is 10.1 Å². The summed E-state index contributed by atoms with van der Waals surface area (Å²) in [4.78, 5) is 11.3. The van der Waals surface area contributed by atoms with Crippen molar-refractivity contribution in [2.75, 3.05) is 0 Å². The van der Waals surface area contributed by atoms with E-state index in [0.717, 1.165) is 19.3 Å². The first-order valence-electron chi connectivity index (χ1n) is 7.27. The Morgan fingerprint density at radius 1 is 1.29 bits per heavy atom. The van der Waals surface area contributed by atoms with Crippen molar-refractivity contribution in [3.8, 4) is 5.75 Å². The van der Waals surface area contributed by atoms with E-state index >= 15 is 0 Å². The van der Waals surface area contributed by atoms with Crippen LogP contribution in [0.1, 0.15) is 38.5 Å². The van der Waals surface area contributed by atoms with Gasteiger partial charge in [0.2, 0.25) is 0 Å². The Hall–Kier alpha value is -0.620. The zero-order valence-corrected chi connectivity index (χ0v) is 14.7. The zero-order chi connectivity index (χ0) is 15.0. The monoisotopic (exact) mass is 417 g/mol. The molecule has 2 aliphatic carbocycles. The summed E-state index contributed by atoms with van der Waals surface area (Å²) in [5, 5.41) is 11.2. The maximum atomic E-state index is 11.2. The lowest BCUT2D eigenvalue weighted by Gasteiger charge is -2.55. The van der Waals surface area contributed by atoms with Gasteiger partial charge in [-0.1, -0.05) is 51.1 Å². The second-order valence-electron chi connectivity index (χ2n) is 5.97. The third-order valence-electron chi connectivity index (χ3n) is 4.86. The Bertz CT molecular complexity index is 558. The number of hydrogen-bond donors (Lipinski definition) is 0. The SMILES string of the molecule is O=[N+]([O-])c1cc(Br)ccc1OC1CC(Br)C12CCCCC2. The quantitative estimate of drug-likeness (QED) is 0.384. The van der Waals surface area contributed by atoms with Crippen LogP contribution in [0.3, 0.4) is 0 Å². The molecule has 1 aromatic carbocycles. The molecule has 2 aliphatic rings. The van der Waals surface area contributed by atoms with Gasteiger partial charge in [0.25, 0.3) is 0 Å². The van der Waals surface area contributed by atoms with E-state index < -0.39 is 0 Å². The highest BCUT2D eigenvalue weighted by atomic mass is 79.9. The summed E-state index contributed by atoms with van der Waals surface area (Å²) in [7, 11) is 0. The standard InChI is InChI=1S/C15H17Br2NO3/c16-10-4-5-12(11(8-10)18(19)20)21-14-9-13(17)15(14)6-2-1-3-7-15/h4-5,8,13-14H,1-3,6-7,9H2. The summed E-state index contributed by atoms with van der Waals surface area (Å²) in [6.45, 7) is 0. The Labute approximate surface area is 140 Å². The molecule has 0 bridgehead atoms. The minimum absolute atomic E-state index is 0.0355. The molecule has 2 unspecified atom stereocenters. The molecule has 1 spiro atoms. The molecule has 6 heteroatoms. The van der Waals surface area contributed by atoms with Crippen LogP contribution in [0.4, 0.5) is 5.69 Å². The van der Waals surface area contributed by atoms with Crippen LogP contribution >= 0.6 is 31.9 Å². The highest BCUT2D eigenvalue weighted by Gasteiger charge is 2.55. The lowest BCUT2D eigenvalue weighted by molar-refractivity contribution is -0.386. The van der Waals surface area contributed by atoms with E-state index in [2.05, 4.69) is 31.9 Å². The number of benzene rings is 1. The van der Waals surface area contributed by atoms with Crippen LogP contribution in [0.15, 0.2) is 22.7 Å². The van der Waals surface area contributed by atoms with Gasteiger partial charge in [-0.15, -0.1) is 0 Å². The van der Waals surface area contributed by atoms with Crippen molar-refractivity contribution in [1.82, 2.24) is 0 Å². The van der Waals surface area contributed by atoms with Gasteiger partial charge in [-0.05, 0) is 31.4 Å². The maximum Gasteiger partial charge on any atom is 0.312 e. The number of hydrogen-bond acceptors (Lipinski definition) is 3. The molecule has 3 rings (SSSR count). The van der Waals surface area contributed by atoms with Crippen LogP contribution in [0.5, 0.6) is 5.75 Å². The van der Waals surface area contributed by atoms with Gasteiger partial charge in [0.1, 0.15) is 6.10 Å². The second-order valence-corrected chi connectivity index (χ2v) is 7.99. The van der Waals surface area contributed by atoms with Gasteiger partial charge in [-0.2, -0.15) is 0 Å². The summed E-state index contributed by atoms with van der Waals surface area (Å²) in [5.74, 6) is 0.387. The summed E-state index contributed by atoms with van der Waals surface area (Å²) < 4.78 is 6.76. The molecule has 1 aromatic rings. The highest BCUT2D eigenvalue weighted by Crippen LogP contribution is 2.56. The van der Waals surface area contributed by atoms with Crippen LogP contribution in [-0.2, 0) is 0 Å². The predicted molar refractivity (Wildman–Crippen MR) is 88.1 cm³/mol. The number of nitro benzene ring substituents is 1. The molecular weight excluding hydrogens is 402 g/mol. The minimum atomic E-state index is -0.377. The molecule has 2 saturated carbocycles. The first kappa shape index (κ1) is 15.3. The van der Waals surface area contributed by atoms with Crippen molar-refractivity contribution in [3.05, 3.63) is 32.8 Å². The Kier molecular flexibility index (Phi) is 4.28. The van der Waals surface area contributed by atoms with E-state index in [1.807, 2.05) is 0 Å². The molecule has 114 valence electrons. The Morgan fingerprint density at radius 2 is 2.00 bits per heavy atom. The maximum absolute atomic E-state index is 11.2. The van der Waals surface area contributed by atoms with Crippen molar-refractivity contribution in [2.24, 2.45) is 5.41 Å². The van der Waals surface area contributed by atoms with Crippen molar-refractivity contribution >= 4 is 37.5 Å². The number of nitro groups is 1. The Balaban J connectivity index is 1.82. The summed E-state index contributed by atoms with van der Waals surface area (Å²) in [6, 6.07) is 4.99.